The van der Waals surface area contributed by atoms with Gasteiger partial charge in [-0.2, -0.15) is 0 Å². The standard InChI is InChI=1S/C22H14ClNO2S/c1-26-15-6-4-5-13(11-15)21-20-16-7-2-3-8-17(16)22(25)24(20)18-10-9-14(23)12-19(18)27-21/h2-12H,1H3. The third-order valence-electron chi connectivity index (χ3n) is 4.76. The van der Waals surface area contributed by atoms with Gasteiger partial charge in [0.05, 0.1) is 27.9 Å². The molecule has 132 valence electrons. The summed E-state index contributed by atoms with van der Waals surface area (Å²) in [5.74, 6) is 0.780. The zero-order valence-corrected chi connectivity index (χ0v) is 16.0. The van der Waals surface area contributed by atoms with Crippen molar-refractivity contribution < 1.29 is 4.74 Å². The highest BCUT2D eigenvalue weighted by Gasteiger charge is 2.22. The van der Waals surface area contributed by atoms with Gasteiger partial charge in [-0.25, -0.2) is 0 Å². The molecule has 0 aliphatic carbocycles. The van der Waals surface area contributed by atoms with E-state index >= 15 is 0 Å². The molecule has 3 aromatic rings. The number of fused-ring (bicyclic) bond motifs is 5. The molecule has 0 radical (unpaired) electrons. The number of aromatic nitrogens is 1. The van der Waals surface area contributed by atoms with Crippen LogP contribution >= 0.6 is 22.9 Å². The molecule has 3 nitrogen and oxygen atoms in total. The molecule has 0 N–H and O–H groups in total. The van der Waals surface area contributed by atoms with Crippen LogP contribution < -0.4 is 10.3 Å². The first kappa shape index (κ1) is 16.4. The van der Waals surface area contributed by atoms with Gasteiger partial charge in [0.1, 0.15) is 5.75 Å². The summed E-state index contributed by atoms with van der Waals surface area (Å²) in [6, 6.07) is 21.3. The van der Waals surface area contributed by atoms with Crippen LogP contribution in [0, 0.1) is 0 Å². The molecule has 2 aliphatic rings. The zero-order chi connectivity index (χ0) is 18.5. The number of hydrogen-bond donors (Lipinski definition) is 0. The van der Waals surface area contributed by atoms with Crippen molar-refractivity contribution in [3.05, 3.63) is 82.1 Å². The van der Waals surface area contributed by atoms with Crippen LogP contribution in [0.1, 0.15) is 0 Å². The Morgan fingerprint density at radius 2 is 1.78 bits per heavy atom. The van der Waals surface area contributed by atoms with Crippen LogP contribution in [0.25, 0.3) is 37.1 Å². The molecule has 0 amide bonds. The second kappa shape index (κ2) is 6.12. The van der Waals surface area contributed by atoms with Crippen LogP contribution in [0.5, 0.6) is 5.75 Å². The topological polar surface area (TPSA) is 31.2 Å². The Labute approximate surface area is 164 Å². The average molecular weight is 392 g/mol. The van der Waals surface area contributed by atoms with Gasteiger partial charge in [0.25, 0.3) is 5.56 Å². The van der Waals surface area contributed by atoms with E-state index in [0.717, 1.165) is 42.9 Å². The molecule has 0 saturated carbocycles. The molecule has 0 aromatic heterocycles. The van der Waals surface area contributed by atoms with Crippen LogP contribution in [-0.4, -0.2) is 11.7 Å². The molecule has 5 heteroatoms. The van der Waals surface area contributed by atoms with Gasteiger partial charge < -0.3 is 4.74 Å². The lowest BCUT2D eigenvalue weighted by Gasteiger charge is -2.15. The second-order valence-corrected chi connectivity index (χ2v) is 7.80. The summed E-state index contributed by atoms with van der Waals surface area (Å²) >= 11 is 7.86. The van der Waals surface area contributed by atoms with Crippen LogP contribution in [0.4, 0.5) is 0 Å². The number of nitrogens with zero attached hydrogens (tertiary/aromatic N) is 1. The highest BCUT2D eigenvalue weighted by molar-refractivity contribution is 7.22. The fourth-order valence-corrected chi connectivity index (χ4v) is 4.99. The van der Waals surface area contributed by atoms with Gasteiger partial charge in [0.15, 0.2) is 0 Å². The van der Waals surface area contributed by atoms with Crippen molar-refractivity contribution in [3.8, 4) is 21.9 Å². The highest BCUT2D eigenvalue weighted by Crippen LogP contribution is 2.41. The number of halogens is 1. The normalized spacial score (nSPS) is 11.5. The quantitative estimate of drug-likeness (QED) is 0.371. The van der Waals surface area contributed by atoms with Crippen molar-refractivity contribution in [1.29, 1.82) is 0 Å². The number of methoxy groups -OCH3 is 1. The molecule has 2 heterocycles. The van der Waals surface area contributed by atoms with E-state index in [1.165, 1.54) is 0 Å². The Kier molecular flexibility index (Phi) is 3.71. The third-order valence-corrected chi connectivity index (χ3v) is 6.18. The van der Waals surface area contributed by atoms with Gasteiger partial charge in [-0.3, -0.25) is 9.36 Å². The van der Waals surface area contributed by atoms with Crippen molar-refractivity contribution in [2.75, 3.05) is 7.11 Å². The molecule has 0 unspecified atom stereocenters. The van der Waals surface area contributed by atoms with Crippen molar-refractivity contribution >= 4 is 43.9 Å². The second-order valence-electron chi connectivity index (χ2n) is 6.31. The fourth-order valence-electron chi connectivity index (χ4n) is 3.54. The SMILES string of the molecule is COc1cccc(-c2sc3cc(Cl)ccc3n3c(=O)c4ccccc4c2-3)c1. The van der Waals surface area contributed by atoms with E-state index in [-0.39, 0.29) is 5.56 Å². The Balaban J connectivity index is 2.01. The summed E-state index contributed by atoms with van der Waals surface area (Å²) in [6.45, 7) is 0. The monoisotopic (exact) mass is 391 g/mol. The summed E-state index contributed by atoms with van der Waals surface area (Å²) in [5.41, 5.74) is 2.79. The lowest BCUT2D eigenvalue weighted by Crippen LogP contribution is -2.13. The Morgan fingerprint density at radius 1 is 0.963 bits per heavy atom. The van der Waals surface area contributed by atoms with E-state index in [1.54, 1.807) is 18.4 Å². The first-order valence-electron chi connectivity index (χ1n) is 8.47. The van der Waals surface area contributed by atoms with E-state index in [0.29, 0.717) is 5.02 Å². The lowest BCUT2D eigenvalue weighted by molar-refractivity contribution is 0.415. The number of hydrogen-bond acceptors (Lipinski definition) is 3. The minimum atomic E-state index is -0.00938. The molecule has 0 atom stereocenters. The van der Waals surface area contributed by atoms with Gasteiger partial charge in [-0.05, 0) is 42.0 Å². The lowest BCUT2D eigenvalue weighted by atomic mass is 10.1. The summed E-state index contributed by atoms with van der Waals surface area (Å²) in [7, 11) is 1.65. The summed E-state index contributed by atoms with van der Waals surface area (Å²) in [4.78, 5) is 14.2. The van der Waals surface area contributed by atoms with Crippen molar-refractivity contribution in [3.63, 3.8) is 0 Å². The molecule has 0 bridgehead atoms. The molecule has 0 spiro atoms. The van der Waals surface area contributed by atoms with Crippen LogP contribution in [0.2, 0.25) is 5.02 Å². The minimum Gasteiger partial charge on any atom is -0.497 e. The van der Waals surface area contributed by atoms with Gasteiger partial charge >= 0.3 is 0 Å². The predicted molar refractivity (Wildman–Crippen MR) is 113 cm³/mol. The molecular weight excluding hydrogens is 378 g/mol. The summed E-state index contributed by atoms with van der Waals surface area (Å²) < 4.78 is 8.17. The van der Waals surface area contributed by atoms with Gasteiger partial charge in [0, 0.05) is 15.8 Å². The number of benzene rings is 3. The molecule has 3 aromatic carbocycles. The van der Waals surface area contributed by atoms with E-state index in [2.05, 4.69) is 0 Å². The molecule has 0 fully saturated rings. The maximum Gasteiger partial charge on any atom is 0.263 e. The molecule has 2 aliphatic heterocycles. The zero-order valence-electron chi connectivity index (χ0n) is 14.4. The largest absolute Gasteiger partial charge is 0.497 e. The Bertz CT molecular complexity index is 1350. The van der Waals surface area contributed by atoms with Gasteiger partial charge in [-0.15, -0.1) is 11.3 Å². The van der Waals surface area contributed by atoms with Crippen molar-refractivity contribution in [2.45, 2.75) is 0 Å². The van der Waals surface area contributed by atoms with E-state index in [4.69, 9.17) is 16.3 Å². The maximum absolute atomic E-state index is 13.2. The maximum atomic E-state index is 13.2. The van der Waals surface area contributed by atoms with Crippen molar-refractivity contribution in [1.82, 2.24) is 4.57 Å². The first-order valence-corrected chi connectivity index (χ1v) is 9.67. The number of ether oxygens (including phenoxy) is 1. The van der Waals surface area contributed by atoms with Crippen LogP contribution in [-0.2, 0) is 0 Å². The molecular formula is C22H14ClNO2S. The summed E-state index contributed by atoms with van der Waals surface area (Å²) in [5, 5.41) is 2.32. The van der Waals surface area contributed by atoms with Gasteiger partial charge in [-0.1, -0.05) is 41.9 Å². The van der Waals surface area contributed by atoms with Crippen LogP contribution in [0.15, 0.2) is 71.5 Å². The number of rotatable bonds is 2. The first-order chi connectivity index (χ1) is 13.2. The van der Waals surface area contributed by atoms with Crippen molar-refractivity contribution in [2.24, 2.45) is 0 Å². The summed E-state index contributed by atoms with van der Waals surface area (Å²) in [6.07, 6.45) is 0. The predicted octanol–water partition coefficient (Wildman–Crippen LogP) is 5.97. The van der Waals surface area contributed by atoms with Gasteiger partial charge in [0.2, 0.25) is 0 Å². The Morgan fingerprint density at radius 3 is 2.59 bits per heavy atom. The highest BCUT2D eigenvalue weighted by atomic mass is 35.5. The van der Waals surface area contributed by atoms with E-state index < -0.39 is 0 Å². The van der Waals surface area contributed by atoms with E-state index in [9.17, 15) is 4.79 Å². The minimum absolute atomic E-state index is 0.00938. The molecule has 5 rings (SSSR count). The smallest absolute Gasteiger partial charge is 0.263 e. The fraction of sp³-hybridized carbons (Fsp3) is 0.0455. The van der Waals surface area contributed by atoms with Crippen LogP contribution in [0.3, 0.4) is 0 Å². The van der Waals surface area contributed by atoms with E-state index in [1.807, 2.05) is 71.3 Å². The third kappa shape index (κ3) is 2.45. The molecule has 0 saturated heterocycles. The average Bonchev–Trinajstić information content (AvgIpc) is 3.00. The Hall–Kier alpha value is -2.82. The molecule has 27 heavy (non-hydrogen) atoms.